The molecule has 0 aliphatic rings. The van der Waals surface area contributed by atoms with Crippen molar-refractivity contribution in [1.29, 1.82) is 0 Å². The highest BCUT2D eigenvalue weighted by atomic mass is 16.2. The van der Waals surface area contributed by atoms with Crippen LogP contribution >= 0.6 is 0 Å². The molecule has 1 heterocycles. The Balaban J connectivity index is 2.73. The second kappa shape index (κ2) is 4.98. The van der Waals surface area contributed by atoms with E-state index in [1.165, 1.54) is 0 Å². The van der Waals surface area contributed by atoms with E-state index < -0.39 is 0 Å². The summed E-state index contributed by atoms with van der Waals surface area (Å²) >= 11 is 0. The zero-order chi connectivity index (χ0) is 11.4. The first-order chi connectivity index (χ1) is 7.10. The number of nitrogens with zero attached hydrogens (tertiary/aromatic N) is 1. The lowest BCUT2D eigenvalue weighted by Crippen LogP contribution is -2.40. The molecule has 84 valence electrons. The zero-order valence-electron chi connectivity index (χ0n) is 9.58. The molecule has 0 spiro atoms. The highest BCUT2D eigenvalue weighted by Gasteiger charge is 2.13. The number of carbonyl (C=O) groups is 1. The van der Waals surface area contributed by atoms with Gasteiger partial charge >= 0.3 is 0 Å². The van der Waals surface area contributed by atoms with Gasteiger partial charge in [0.05, 0.1) is 0 Å². The largest absolute Gasteiger partial charge is 0.347 e. The second-order valence-corrected chi connectivity index (χ2v) is 3.73. The maximum absolute atomic E-state index is 11.8. The average Bonchev–Trinajstić information content (AvgIpc) is 2.56. The molecule has 0 radical (unpaired) electrons. The fourth-order valence-electron chi connectivity index (χ4n) is 1.43. The van der Waals surface area contributed by atoms with Crippen molar-refractivity contribution in [2.24, 2.45) is 12.8 Å². The summed E-state index contributed by atoms with van der Waals surface area (Å²) in [6.45, 7) is 4.46. The number of aromatic nitrogens is 1. The van der Waals surface area contributed by atoms with Crippen LogP contribution in [0.2, 0.25) is 0 Å². The van der Waals surface area contributed by atoms with Gasteiger partial charge in [-0.05, 0) is 25.5 Å². The van der Waals surface area contributed by atoms with Crippen LogP contribution in [-0.2, 0) is 7.05 Å². The number of nitrogens with one attached hydrogen (secondary N) is 1. The highest BCUT2D eigenvalue weighted by molar-refractivity contribution is 5.93. The molecule has 15 heavy (non-hydrogen) atoms. The molecule has 4 heteroatoms. The molecule has 4 nitrogen and oxygen atoms in total. The van der Waals surface area contributed by atoms with Crippen LogP contribution in [0.1, 0.15) is 29.5 Å². The van der Waals surface area contributed by atoms with E-state index in [2.05, 4.69) is 5.32 Å². The molecule has 0 aliphatic carbocycles. The van der Waals surface area contributed by atoms with Crippen LogP contribution in [0, 0.1) is 6.92 Å². The number of hydrogen-bond acceptors (Lipinski definition) is 2. The van der Waals surface area contributed by atoms with Gasteiger partial charge in [-0.2, -0.15) is 0 Å². The van der Waals surface area contributed by atoms with Gasteiger partial charge in [-0.15, -0.1) is 0 Å². The van der Waals surface area contributed by atoms with E-state index >= 15 is 0 Å². The predicted molar refractivity (Wildman–Crippen MR) is 60.7 cm³/mol. The van der Waals surface area contributed by atoms with E-state index in [-0.39, 0.29) is 11.9 Å². The van der Waals surface area contributed by atoms with E-state index in [0.29, 0.717) is 12.2 Å². The fraction of sp³-hybridized carbons (Fsp3) is 0.545. The first-order valence-electron chi connectivity index (χ1n) is 5.23. The quantitative estimate of drug-likeness (QED) is 0.770. The van der Waals surface area contributed by atoms with Gasteiger partial charge in [-0.25, -0.2) is 0 Å². The fourth-order valence-corrected chi connectivity index (χ4v) is 1.43. The Morgan fingerprint density at radius 2 is 2.27 bits per heavy atom. The maximum Gasteiger partial charge on any atom is 0.268 e. The van der Waals surface area contributed by atoms with E-state index in [1.54, 1.807) is 0 Å². The summed E-state index contributed by atoms with van der Waals surface area (Å²) in [5, 5.41) is 2.90. The lowest BCUT2D eigenvalue weighted by atomic mass is 10.2. The van der Waals surface area contributed by atoms with Crippen molar-refractivity contribution < 1.29 is 4.79 Å². The maximum atomic E-state index is 11.8. The highest BCUT2D eigenvalue weighted by Crippen LogP contribution is 2.06. The normalized spacial score (nSPS) is 12.5. The Morgan fingerprint density at radius 3 is 2.67 bits per heavy atom. The number of hydrogen-bond donors (Lipinski definition) is 2. The van der Waals surface area contributed by atoms with E-state index in [0.717, 1.165) is 12.1 Å². The minimum absolute atomic E-state index is 0.0529. The van der Waals surface area contributed by atoms with E-state index in [4.69, 9.17) is 5.73 Å². The summed E-state index contributed by atoms with van der Waals surface area (Å²) in [6, 6.07) is 3.82. The van der Waals surface area contributed by atoms with Crippen LogP contribution in [0.4, 0.5) is 0 Å². The first-order valence-corrected chi connectivity index (χ1v) is 5.23. The Hall–Kier alpha value is -1.29. The Labute approximate surface area is 90.5 Å². The van der Waals surface area contributed by atoms with Gasteiger partial charge in [0.2, 0.25) is 0 Å². The molecule has 1 rings (SSSR count). The molecule has 1 amide bonds. The van der Waals surface area contributed by atoms with Gasteiger partial charge in [-0.3, -0.25) is 4.79 Å². The predicted octanol–water partition coefficient (Wildman–Crippen LogP) is 0.801. The Bertz CT molecular complexity index is 340. The number of carbonyl (C=O) groups excluding carboxylic acids is 1. The molecule has 1 aromatic rings. The number of amides is 1. The molecular weight excluding hydrogens is 190 g/mol. The van der Waals surface area contributed by atoms with E-state index in [9.17, 15) is 4.79 Å². The number of aryl methyl sites for hydroxylation is 1. The van der Waals surface area contributed by atoms with Gasteiger partial charge in [0.25, 0.3) is 5.91 Å². The third-order valence-electron chi connectivity index (χ3n) is 2.72. The van der Waals surface area contributed by atoms with Crippen molar-refractivity contribution >= 4 is 5.91 Å². The molecule has 1 unspecified atom stereocenters. The standard InChI is InChI=1S/C11H19N3O/c1-4-9(7-12)13-11(15)10-6-5-8(2)14(10)3/h5-6,9H,4,7,12H2,1-3H3,(H,13,15). The molecule has 1 aromatic heterocycles. The van der Waals surface area contributed by atoms with Gasteiger partial charge < -0.3 is 15.6 Å². The zero-order valence-corrected chi connectivity index (χ0v) is 9.58. The Morgan fingerprint density at radius 1 is 1.60 bits per heavy atom. The topological polar surface area (TPSA) is 60.0 Å². The van der Waals surface area contributed by atoms with Crippen LogP contribution in [0.5, 0.6) is 0 Å². The third-order valence-corrected chi connectivity index (χ3v) is 2.72. The number of nitrogens with two attached hydrogens (primary N) is 1. The molecule has 0 bridgehead atoms. The first kappa shape index (κ1) is 11.8. The van der Waals surface area contributed by atoms with Gasteiger partial charge in [0.1, 0.15) is 5.69 Å². The summed E-state index contributed by atoms with van der Waals surface area (Å²) in [5.74, 6) is -0.0529. The number of rotatable bonds is 4. The van der Waals surface area contributed by atoms with Gasteiger partial charge in [-0.1, -0.05) is 6.92 Å². The summed E-state index contributed by atoms with van der Waals surface area (Å²) in [6.07, 6.45) is 0.853. The van der Waals surface area contributed by atoms with Gasteiger partial charge in [0.15, 0.2) is 0 Å². The van der Waals surface area contributed by atoms with Gasteiger partial charge in [0, 0.05) is 25.3 Å². The molecular formula is C11H19N3O. The summed E-state index contributed by atoms with van der Waals surface area (Å²) < 4.78 is 1.87. The molecule has 1 atom stereocenters. The minimum Gasteiger partial charge on any atom is -0.347 e. The van der Waals surface area contributed by atoms with Crippen LogP contribution < -0.4 is 11.1 Å². The molecule has 0 saturated heterocycles. The van der Waals surface area contributed by atoms with E-state index in [1.807, 2.05) is 37.6 Å². The molecule has 0 saturated carbocycles. The molecule has 0 fully saturated rings. The monoisotopic (exact) mass is 209 g/mol. The summed E-state index contributed by atoms with van der Waals surface area (Å²) in [7, 11) is 1.88. The van der Waals surface area contributed by atoms with Crippen LogP contribution in [0.25, 0.3) is 0 Å². The SMILES string of the molecule is CCC(CN)NC(=O)c1ccc(C)n1C. The van der Waals surface area contributed by atoms with Crippen molar-refractivity contribution in [1.82, 2.24) is 9.88 Å². The van der Waals surface area contributed by atoms with Crippen molar-refractivity contribution in [3.8, 4) is 0 Å². The molecule has 0 aromatic carbocycles. The van der Waals surface area contributed by atoms with Crippen molar-refractivity contribution in [2.45, 2.75) is 26.3 Å². The van der Waals surface area contributed by atoms with Crippen molar-refractivity contribution in [2.75, 3.05) is 6.54 Å². The smallest absolute Gasteiger partial charge is 0.268 e. The molecule has 3 N–H and O–H groups in total. The minimum atomic E-state index is -0.0529. The summed E-state index contributed by atoms with van der Waals surface area (Å²) in [4.78, 5) is 11.8. The van der Waals surface area contributed by atoms with Crippen molar-refractivity contribution in [3.05, 3.63) is 23.5 Å². The lowest BCUT2D eigenvalue weighted by Gasteiger charge is -2.14. The summed E-state index contributed by atoms with van der Waals surface area (Å²) in [5.41, 5.74) is 7.28. The molecule has 0 aliphatic heterocycles. The Kier molecular flexibility index (Phi) is 3.91. The van der Waals surface area contributed by atoms with Crippen molar-refractivity contribution in [3.63, 3.8) is 0 Å². The van der Waals surface area contributed by atoms with Crippen LogP contribution in [0.15, 0.2) is 12.1 Å². The second-order valence-electron chi connectivity index (χ2n) is 3.73. The average molecular weight is 209 g/mol. The lowest BCUT2D eigenvalue weighted by molar-refractivity contribution is 0.0928. The van der Waals surface area contributed by atoms with Crippen LogP contribution in [-0.4, -0.2) is 23.1 Å². The van der Waals surface area contributed by atoms with Crippen LogP contribution in [0.3, 0.4) is 0 Å². The third kappa shape index (κ3) is 2.59.